The van der Waals surface area contributed by atoms with Crippen LogP contribution in [0, 0.1) is 0 Å². The summed E-state index contributed by atoms with van der Waals surface area (Å²) in [4.78, 5) is 1.05. The highest BCUT2D eigenvalue weighted by atomic mass is 32.1. The van der Waals surface area contributed by atoms with Crippen LogP contribution in [-0.2, 0) is 0 Å². The van der Waals surface area contributed by atoms with Crippen molar-refractivity contribution < 1.29 is 10.2 Å². The number of aliphatic hydroxyl groups is 2. The maximum atomic E-state index is 9.92. The maximum absolute atomic E-state index is 9.92. The molecule has 76 valence electrons. The van der Waals surface area contributed by atoms with E-state index in [1.165, 1.54) is 0 Å². The lowest BCUT2D eigenvalue weighted by Crippen LogP contribution is -2.18. The summed E-state index contributed by atoms with van der Waals surface area (Å²) in [5, 5.41) is 20.5. The van der Waals surface area contributed by atoms with E-state index < -0.39 is 12.2 Å². The number of hydrogen-bond donors (Lipinski definition) is 2. The minimum atomic E-state index is -0.791. The lowest BCUT2D eigenvalue weighted by molar-refractivity contribution is 0.0483. The van der Waals surface area contributed by atoms with Crippen molar-refractivity contribution in [2.75, 3.05) is 0 Å². The molecule has 3 rings (SSSR count). The van der Waals surface area contributed by atoms with Crippen molar-refractivity contribution >= 4 is 27.5 Å². The Labute approximate surface area is 91.1 Å². The topological polar surface area (TPSA) is 40.5 Å². The predicted octanol–water partition coefficient (Wildman–Crippen LogP) is 2.32. The third-order valence-electron chi connectivity index (χ3n) is 2.73. The zero-order valence-electron chi connectivity index (χ0n) is 7.92. The van der Waals surface area contributed by atoms with Crippen LogP contribution in [0.25, 0.3) is 16.2 Å². The van der Waals surface area contributed by atoms with Crippen LogP contribution >= 0.6 is 11.3 Å². The molecule has 1 aromatic carbocycles. The second-order valence-corrected chi connectivity index (χ2v) is 4.75. The number of hydrogen-bond acceptors (Lipinski definition) is 3. The van der Waals surface area contributed by atoms with Gasteiger partial charge in [-0.3, -0.25) is 0 Å². The molecule has 1 aliphatic carbocycles. The van der Waals surface area contributed by atoms with E-state index in [1.54, 1.807) is 17.4 Å². The average Bonchev–Trinajstić information content (AvgIpc) is 2.62. The van der Waals surface area contributed by atoms with E-state index in [2.05, 4.69) is 0 Å². The summed E-state index contributed by atoms with van der Waals surface area (Å²) in [6.45, 7) is 0. The first kappa shape index (κ1) is 9.09. The van der Waals surface area contributed by atoms with Crippen LogP contribution in [0.4, 0.5) is 0 Å². The molecule has 0 fully saturated rings. The van der Waals surface area contributed by atoms with Gasteiger partial charge in [-0.25, -0.2) is 0 Å². The molecule has 2 atom stereocenters. The Balaban J connectivity index is 2.35. The summed E-state index contributed by atoms with van der Waals surface area (Å²) < 4.78 is 1.15. The minimum absolute atomic E-state index is 0.782. The molecule has 2 aromatic rings. The first-order valence-electron chi connectivity index (χ1n) is 4.83. The van der Waals surface area contributed by atoms with Gasteiger partial charge < -0.3 is 10.2 Å². The molecule has 0 radical (unpaired) electrons. The molecule has 0 aliphatic heterocycles. The number of benzene rings is 1. The smallest absolute Gasteiger partial charge is 0.110 e. The molecule has 0 saturated heterocycles. The zero-order chi connectivity index (χ0) is 10.4. The molecule has 0 bridgehead atoms. The van der Waals surface area contributed by atoms with E-state index in [0.29, 0.717) is 0 Å². The van der Waals surface area contributed by atoms with Gasteiger partial charge in [0.25, 0.3) is 0 Å². The molecule has 3 heteroatoms. The van der Waals surface area contributed by atoms with Crippen LogP contribution in [0.5, 0.6) is 0 Å². The van der Waals surface area contributed by atoms with E-state index in [-0.39, 0.29) is 0 Å². The van der Waals surface area contributed by atoms with E-state index >= 15 is 0 Å². The Morgan fingerprint density at radius 1 is 1.13 bits per heavy atom. The summed E-state index contributed by atoms with van der Waals surface area (Å²) in [7, 11) is 0. The fourth-order valence-electron chi connectivity index (χ4n) is 1.98. The van der Waals surface area contributed by atoms with Crippen molar-refractivity contribution in [3.05, 3.63) is 40.8 Å². The second kappa shape index (κ2) is 3.17. The van der Waals surface area contributed by atoms with Crippen molar-refractivity contribution in [1.82, 2.24) is 0 Å². The molecule has 0 spiro atoms. The normalized spacial score (nSPS) is 24.4. The highest BCUT2D eigenvalue weighted by Gasteiger charge is 2.26. The van der Waals surface area contributed by atoms with Crippen molar-refractivity contribution in [3.63, 3.8) is 0 Å². The number of thiophene rings is 1. The first-order chi connectivity index (χ1) is 7.27. The number of aliphatic hydroxyl groups excluding tert-OH is 2. The third-order valence-corrected chi connectivity index (χ3v) is 3.88. The zero-order valence-corrected chi connectivity index (χ0v) is 8.74. The molecule has 2 nitrogen and oxygen atoms in total. The molecule has 1 heterocycles. The van der Waals surface area contributed by atoms with E-state index in [1.807, 2.05) is 30.3 Å². The van der Waals surface area contributed by atoms with Gasteiger partial charge in [-0.15, -0.1) is 11.3 Å². The molecular formula is C12H10O2S. The molecule has 1 aliphatic rings. The first-order valence-corrected chi connectivity index (χ1v) is 5.65. The lowest BCUT2D eigenvalue weighted by atomic mass is 9.96. The molecular weight excluding hydrogens is 208 g/mol. The Morgan fingerprint density at radius 2 is 1.93 bits per heavy atom. The van der Waals surface area contributed by atoms with Gasteiger partial charge in [-0.05, 0) is 17.5 Å². The Hall–Kier alpha value is -1.16. The van der Waals surface area contributed by atoms with Gasteiger partial charge >= 0.3 is 0 Å². The van der Waals surface area contributed by atoms with E-state index in [0.717, 1.165) is 20.5 Å². The quantitative estimate of drug-likeness (QED) is 0.712. The predicted molar refractivity (Wildman–Crippen MR) is 61.8 cm³/mol. The second-order valence-electron chi connectivity index (χ2n) is 3.67. The minimum Gasteiger partial charge on any atom is -0.386 e. The van der Waals surface area contributed by atoms with Crippen LogP contribution < -0.4 is 0 Å². The summed E-state index contributed by atoms with van der Waals surface area (Å²) in [5.74, 6) is 0. The van der Waals surface area contributed by atoms with Gasteiger partial charge in [0, 0.05) is 15.1 Å². The Morgan fingerprint density at radius 3 is 2.80 bits per heavy atom. The van der Waals surface area contributed by atoms with Gasteiger partial charge in [0.15, 0.2) is 0 Å². The highest BCUT2D eigenvalue weighted by molar-refractivity contribution is 7.20. The SMILES string of the molecule is OC1C=Cc2sc3ccccc3c2C1O. The Kier molecular flexibility index (Phi) is 1.92. The van der Waals surface area contributed by atoms with E-state index in [4.69, 9.17) is 0 Å². The molecule has 2 unspecified atom stereocenters. The molecule has 2 N–H and O–H groups in total. The monoisotopic (exact) mass is 218 g/mol. The third kappa shape index (κ3) is 1.24. The fraction of sp³-hybridized carbons (Fsp3) is 0.167. The maximum Gasteiger partial charge on any atom is 0.110 e. The van der Waals surface area contributed by atoms with Gasteiger partial charge in [0.05, 0.1) is 0 Å². The number of fused-ring (bicyclic) bond motifs is 3. The van der Waals surface area contributed by atoms with Crippen LogP contribution in [0.3, 0.4) is 0 Å². The van der Waals surface area contributed by atoms with E-state index in [9.17, 15) is 10.2 Å². The number of rotatable bonds is 0. The van der Waals surface area contributed by atoms with Crippen LogP contribution in [0.15, 0.2) is 30.3 Å². The van der Waals surface area contributed by atoms with Crippen LogP contribution in [-0.4, -0.2) is 16.3 Å². The standard InChI is InChI=1S/C12H10O2S/c13-8-5-6-10-11(12(8)14)7-3-1-2-4-9(7)15-10/h1-6,8,12-14H. The van der Waals surface area contributed by atoms with Crippen molar-refractivity contribution in [1.29, 1.82) is 0 Å². The molecule has 15 heavy (non-hydrogen) atoms. The summed E-state index contributed by atoms with van der Waals surface area (Å²) in [5.41, 5.74) is 0.866. The van der Waals surface area contributed by atoms with Crippen molar-refractivity contribution in [2.45, 2.75) is 12.2 Å². The van der Waals surface area contributed by atoms with Crippen molar-refractivity contribution in [3.8, 4) is 0 Å². The fourth-order valence-corrected chi connectivity index (χ4v) is 3.13. The summed E-state index contributed by atoms with van der Waals surface area (Å²) in [6.07, 6.45) is 1.96. The highest BCUT2D eigenvalue weighted by Crippen LogP contribution is 2.40. The average molecular weight is 218 g/mol. The largest absolute Gasteiger partial charge is 0.386 e. The van der Waals surface area contributed by atoms with Crippen LogP contribution in [0.2, 0.25) is 0 Å². The summed E-state index contributed by atoms with van der Waals surface area (Å²) in [6, 6.07) is 7.95. The lowest BCUT2D eigenvalue weighted by Gasteiger charge is -2.19. The molecule has 1 aromatic heterocycles. The molecule has 0 amide bonds. The van der Waals surface area contributed by atoms with Crippen LogP contribution in [0.1, 0.15) is 16.5 Å². The van der Waals surface area contributed by atoms with Gasteiger partial charge in [-0.1, -0.05) is 24.3 Å². The van der Waals surface area contributed by atoms with Crippen molar-refractivity contribution in [2.24, 2.45) is 0 Å². The summed E-state index contributed by atoms with van der Waals surface area (Å²) >= 11 is 1.65. The van der Waals surface area contributed by atoms with Gasteiger partial charge in [0.2, 0.25) is 0 Å². The van der Waals surface area contributed by atoms with Gasteiger partial charge in [0.1, 0.15) is 12.2 Å². The Bertz CT molecular complexity index is 542. The molecule has 0 saturated carbocycles. The van der Waals surface area contributed by atoms with Gasteiger partial charge in [-0.2, -0.15) is 0 Å².